The number of aliphatic hydroxyl groups is 1. The third-order valence-corrected chi connectivity index (χ3v) is 5.64. The first kappa shape index (κ1) is 19.9. The van der Waals surface area contributed by atoms with Crippen molar-refractivity contribution in [2.24, 2.45) is 0 Å². The summed E-state index contributed by atoms with van der Waals surface area (Å²) in [6, 6.07) is 11.4. The number of amides is 1. The van der Waals surface area contributed by atoms with Crippen molar-refractivity contribution in [2.75, 3.05) is 21.0 Å². The molecule has 144 valence electrons. The van der Waals surface area contributed by atoms with Gasteiger partial charge in [0.05, 0.1) is 23.8 Å². The van der Waals surface area contributed by atoms with Crippen molar-refractivity contribution in [2.45, 2.75) is 25.6 Å². The van der Waals surface area contributed by atoms with Crippen LogP contribution in [-0.2, 0) is 10.3 Å². The van der Waals surface area contributed by atoms with Gasteiger partial charge in [0.2, 0.25) is 0 Å². The van der Waals surface area contributed by atoms with Gasteiger partial charge < -0.3 is 19.3 Å². The third-order valence-electron chi connectivity index (χ3n) is 4.79. The molecule has 1 amide bonds. The topological polar surface area (TPSA) is 68.2 Å². The van der Waals surface area contributed by atoms with Gasteiger partial charge in [0.25, 0.3) is 5.91 Å². The highest BCUT2D eigenvalue weighted by atomic mass is 127. The Hall–Kier alpha value is -1.84. The summed E-state index contributed by atoms with van der Waals surface area (Å²) in [7, 11) is 3.03. The number of fused-ring (bicyclic) bond motifs is 1. The lowest BCUT2D eigenvalue weighted by Gasteiger charge is -2.38. The number of hydrogen-bond acceptors (Lipinski definition) is 5. The van der Waals surface area contributed by atoms with Crippen molar-refractivity contribution in [3.8, 4) is 11.5 Å². The Bertz CT molecular complexity index is 853. The molecule has 6 nitrogen and oxygen atoms in total. The molecule has 1 atom stereocenters. The Morgan fingerprint density at radius 2 is 1.89 bits per heavy atom. The number of carbonyl (C=O) groups excluding carboxylic acids is 1. The SMILES string of the molecule is COCOc1c(OC)cc(I)c2c1C(O)N(C(C)(C)c1ccccc1)C2=O. The van der Waals surface area contributed by atoms with Gasteiger partial charge in [-0.2, -0.15) is 0 Å². The molecule has 1 unspecified atom stereocenters. The van der Waals surface area contributed by atoms with Gasteiger partial charge in [-0.05, 0) is 48.1 Å². The first-order chi connectivity index (χ1) is 12.8. The number of halogens is 1. The lowest BCUT2D eigenvalue weighted by atomic mass is 9.92. The molecule has 0 bridgehead atoms. The summed E-state index contributed by atoms with van der Waals surface area (Å²) in [5.74, 6) is 0.518. The van der Waals surface area contributed by atoms with E-state index in [-0.39, 0.29) is 12.7 Å². The Kier molecular flexibility index (Phi) is 5.64. The molecule has 0 saturated heterocycles. The van der Waals surface area contributed by atoms with Crippen LogP contribution in [0, 0.1) is 3.57 Å². The fourth-order valence-electron chi connectivity index (χ4n) is 3.42. The number of aliphatic hydroxyl groups excluding tert-OH is 1. The Morgan fingerprint density at radius 3 is 2.48 bits per heavy atom. The second-order valence-electron chi connectivity index (χ2n) is 6.70. The monoisotopic (exact) mass is 483 g/mol. The second-order valence-corrected chi connectivity index (χ2v) is 7.87. The van der Waals surface area contributed by atoms with Gasteiger partial charge >= 0.3 is 0 Å². The van der Waals surface area contributed by atoms with Crippen molar-refractivity contribution < 1.29 is 24.1 Å². The van der Waals surface area contributed by atoms with Gasteiger partial charge in [0.15, 0.2) is 24.5 Å². The minimum absolute atomic E-state index is 0.0214. The Labute approximate surface area is 172 Å². The van der Waals surface area contributed by atoms with Gasteiger partial charge in [0.1, 0.15) is 0 Å². The van der Waals surface area contributed by atoms with Crippen LogP contribution in [-0.4, -0.2) is 36.9 Å². The predicted molar refractivity (Wildman–Crippen MR) is 109 cm³/mol. The molecule has 1 N–H and O–H groups in total. The number of carbonyl (C=O) groups is 1. The highest BCUT2D eigenvalue weighted by Gasteiger charge is 2.48. The van der Waals surface area contributed by atoms with Crippen LogP contribution in [0.2, 0.25) is 0 Å². The maximum absolute atomic E-state index is 13.3. The summed E-state index contributed by atoms with van der Waals surface area (Å²) in [5.41, 5.74) is 1.03. The van der Waals surface area contributed by atoms with Crippen LogP contribution >= 0.6 is 22.6 Å². The van der Waals surface area contributed by atoms with Crippen molar-refractivity contribution in [1.29, 1.82) is 0 Å². The van der Waals surface area contributed by atoms with E-state index in [9.17, 15) is 9.90 Å². The first-order valence-electron chi connectivity index (χ1n) is 8.44. The molecule has 1 aliphatic rings. The van der Waals surface area contributed by atoms with E-state index >= 15 is 0 Å². The molecule has 2 aromatic carbocycles. The van der Waals surface area contributed by atoms with Crippen molar-refractivity contribution >= 4 is 28.5 Å². The lowest BCUT2D eigenvalue weighted by Crippen LogP contribution is -2.44. The summed E-state index contributed by atoms with van der Waals surface area (Å²) in [6.45, 7) is 3.80. The van der Waals surface area contributed by atoms with Gasteiger partial charge in [-0.25, -0.2) is 0 Å². The highest BCUT2D eigenvalue weighted by molar-refractivity contribution is 14.1. The molecule has 0 saturated carbocycles. The maximum atomic E-state index is 13.3. The van der Waals surface area contributed by atoms with Gasteiger partial charge in [-0.1, -0.05) is 30.3 Å². The lowest BCUT2D eigenvalue weighted by molar-refractivity contribution is -0.0328. The van der Waals surface area contributed by atoms with E-state index in [4.69, 9.17) is 14.2 Å². The smallest absolute Gasteiger partial charge is 0.258 e. The van der Waals surface area contributed by atoms with E-state index in [1.165, 1.54) is 19.1 Å². The van der Waals surface area contributed by atoms with Crippen molar-refractivity contribution in [3.63, 3.8) is 0 Å². The largest absolute Gasteiger partial charge is 0.493 e. The predicted octanol–water partition coefficient (Wildman–Crippen LogP) is 3.66. The molecule has 0 radical (unpaired) electrons. The fraction of sp³-hybridized carbons (Fsp3) is 0.350. The van der Waals surface area contributed by atoms with E-state index in [2.05, 4.69) is 22.6 Å². The minimum atomic E-state index is -1.17. The quantitative estimate of drug-likeness (QED) is 0.502. The molecule has 1 heterocycles. The molecule has 1 aliphatic heterocycles. The summed E-state index contributed by atoms with van der Waals surface area (Å²) in [6.07, 6.45) is -1.17. The average molecular weight is 483 g/mol. The van der Waals surface area contributed by atoms with Gasteiger partial charge in [-0.15, -0.1) is 0 Å². The maximum Gasteiger partial charge on any atom is 0.258 e. The molecule has 2 aromatic rings. The highest BCUT2D eigenvalue weighted by Crippen LogP contribution is 2.49. The van der Waals surface area contributed by atoms with Crippen LogP contribution in [0.25, 0.3) is 0 Å². The minimum Gasteiger partial charge on any atom is -0.493 e. The van der Waals surface area contributed by atoms with Gasteiger partial charge in [-0.3, -0.25) is 9.69 Å². The van der Waals surface area contributed by atoms with Crippen LogP contribution in [0.4, 0.5) is 0 Å². The third kappa shape index (κ3) is 3.28. The van der Waals surface area contributed by atoms with E-state index in [0.717, 1.165) is 5.56 Å². The fourth-order valence-corrected chi connectivity index (χ4v) is 4.22. The van der Waals surface area contributed by atoms with Gasteiger partial charge in [0, 0.05) is 10.7 Å². The van der Waals surface area contributed by atoms with Crippen molar-refractivity contribution in [1.82, 2.24) is 4.90 Å². The zero-order chi connectivity index (χ0) is 19.8. The first-order valence-corrected chi connectivity index (χ1v) is 9.51. The van der Waals surface area contributed by atoms with Crippen LogP contribution in [0.3, 0.4) is 0 Å². The van der Waals surface area contributed by atoms with E-state index in [0.29, 0.717) is 26.2 Å². The molecule has 3 rings (SSSR count). The molecule has 0 spiro atoms. The average Bonchev–Trinajstić information content (AvgIpc) is 2.93. The van der Waals surface area contributed by atoms with E-state index < -0.39 is 11.8 Å². The summed E-state index contributed by atoms with van der Waals surface area (Å²) >= 11 is 2.08. The Morgan fingerprint density at radius 1 is 1.22 bits per heavy atom. The molecule has 0 aliphatic carbocycles. The molecular weight excluding hydrogens is 461 g/mol. The molecule has 0 fully saturated rings. The Balaban J connectivity index is 2.15. The molecule has 7 heteroatoms. The molecular formula is C20H22INO5. The van der Waals surface area contributed by atoms with Crippen LogP contribution in [0.15, 0.2) is 36.4 Å². The zero-order valence-corrected chi connectivity index (χ0v) is 17.8. The molecule has 27 heavy (non-hydrogen) atoms. The summed E-state index contributed by atoms with van der Waals surface area (Å²) in [4.78, 5) is 14.8. The van der Waals surface area contributed by atoms with Crippen LogP contribution in [0.1, 0.15) is 41.6 Å². The van der Waals surface area contributed by atoms with Crippen LogP contribution < -0.4 is 9.47 Å². The van der Waals surface area contributed by atoms with E-state index in [1.807, 2.05) is 44.2 Å². The number of ether oxygens (including phenoxy) is 3. The standard InChI is InChI=1S/C20H22INO5/c1-20(2,12-8-6-5-7-9-12)22-18(23)15-13(21)10-14(26-4)17(27-11-25-3)16(15)19(22)24/h5-10,19,24H,11H2,1-4H3. The summed E-state index contributed by atoms with van der Waals surface area (Å²) in [5, 5.41) is 11.2. The molecule has 0 aromatic heterocycles. The normalized spacial score (nSPS) is 16.4. The summed E-state index contributed by atoms with van der Waals surface area (Å²) < 4.78 is 16.8. The number of nitrogens with zero attached hydrogens (tertiary/aromatic N) is 1. The number of rotatable bonds is 6. The zero-order valence-electron chi connectivity index (χ0n) is 15.7. The second kappa shape index (κ2) is 7.65. The van der Waals surface area contributed by atoms with Crippen LogP contribution in [0.5, 0.6) is 11.5 Å². The van der Waals surface area contributed by atoms with E-state index in [1.54, 1.807) is 6.07 Å². The number of methoxy groups -OCH3 is 2. The number of hydrogen-bond donors (Lipinski definition) is 1. The number of benzene rings is 2. The van der Waals surface area contributed by atoms with Crippen molar-refractivity contribution in [3.05, 3.63) is 56.7 Å².